The third-order valence-electron chi connectivity index (χ3n) is 3.15. The van der Waals surface area contributed by atoms with Gasteiger partial charge in [0.15, 0.2) is 0 Å². The van der Waals surface area contributed by atoms with Crippen LogP contribution in [0.1, 0.15) is 5.56 Å². The van der Waals surface area contributed by atoms with Crippen LogP contribution in [-0.4, -0.2) is 51.6 Å². The van der Waals surface area contributed by atoms with E-state index in [1.807, 2.05) is 6.07 Å². The van der Waals surface area contributed by atoms with Gasteiger partial charge in [0.2, 0.25) is 10.0 Å². The van der Waals surface area contributed by atoms with E-state index in [0.29, 0.717) is 0 Å². The molecule has 0 aromatic heterocycles. The number of hydrogen-bond acceptors (Lipinski definition) is 6. The number of ether oxygens (including phenoxy) is 2. The van der Waals surface area contributed by atoms with Crippen LogP contribution in [0.15, 0.2) is 29.2 Å². The fraction of sp³-hybridized carbons (Fsp3) is 0.385. The Balaban J connectivity index is 2.46. The molecule has 8 heteroatoms. The molecule has 0 N–H and O–H groups in total. The average molecular weight is 310 g/mol. The molecule has 0 bridgehead atoms. The lowest BCUT2D eigenvalue weighted by Crippen LogP contribution is -2.52. The summed E-state index contributed by atoms with van der Waals surface area (Å²) in [6, 6.07) is 6.67. The maximum Gasteiger partial charge on any atom is 0.326 e. The lowest BCUT2D eigenvalue weighted by molar-refractivity contribution is -0.149. The molecular formula is C13H14N2O5S. The summed E-state index contributed by atoms with van der Waals surface area (Å²) in [7, 11) is -2.79. The van der Waals surface area contributed by atoms with Gasteiger partial charge in [-0.3, -0.25) is 4.79 Å². The largest absolute Gasteiger partial charge is 0.468 e. The maximum atomic E-state index is 12.7. The SMILES string of the molecule is COC(=O)C1COCCN1S(=O)(=O)c1ccccc1C#N. The van der Waals surface area contributed by atoms with Crippen LogP contribution in [0.2, 0.25) is 0 Å². The Labute approximate surface area is 122 Å². The highest BCUT2D eigenvalue weighted by Crippen LogP contribution is 2.23. The molecule has 0 amide bonds. The van der Waals surface area contributed by atoms with Gasteiger partial charge in [-0.05, 0) is 12.1 Å². The van der Waals surface area contributed by atoms with Crippen LogP contribution in [0.3, 0.4) is 0 Å². The monoisotopic (exact) mass is 310 g/mol. The predicted molar refractivity (Wildman–Crippen MR) is 71.7 cm³/mol. The van der Waals surface area contributed by atoms with Crippen molar-refractivity contribution in [3.63, 3.8) is 0 Å². The molecule has 1 unspecified atom stereocenters. The van der Waals surface area contributed by atoms with Gasteiger partial charge in [-0.15, -0.1) is 0 Å². The van der Waals surface area contributed by atoms with E-state index < -0.39 is 22.0 Å². The van der Waals surface area contributed by atoms with Crippen molar-refractivity contribution in [1.82, 2.24) is 4.31 Å². The number of rotatable bonds is 3. The van der Waals surface area contributed by atoms with E-state index in [9.17, 15) is 13.2 Å². The van der Waals surface area contributed by atoms with Gasteiger partial charge in [0.1, 0.15) is 12.1 Å². The van der Waals surface area contributed by atoms with Gasteiger partial charge in [-0.1, -0.05) is 12.1 Å². The second-order valence-electron chi connectivity index (χ2n) is 4.34. The summed E-state index contributed by atoms with van der Waals surface area (Å²) >= 11 is 0. The van der Waals surface area contributed by atoms with Crippen LogP contribution in [0.4, 0.5) is 0 Å². The molecule has 1 heterocycles. The van der Waals surface area contributed by atoms with Gasteiger partial charge >= 0.3 is 5.97 Å². The molecule has 0 saturated carbocycles. The molecule has 2 rings (SSSR count). The van der Waals surface area contributed by atoms with Crippen molar-refractivity contribution in [3.8, 4) is 6.07 Å². The van der Waals surface area contributed by atoms with E-state index in [-0.39, 0.29) is 30.2 Å². The molecule has 21 heavy (non-hydrogen) atoms. The summed E-state index contributed by atoms with van der Waals surface area (Å²) in [5, 5.41) is 9.05. The van der Waals surface area contributed by atoms with Gasteiger partial charge in [0, 0.05) is 6.54 Å². The van der Waals surface area contributed by atoms with Crippen molar-refractivity contribution in [2.75, 3.05) is 26.9 Å². The Bertz CT molecular complexity index is 680. The normalized spacial score (nSPS) is 19.7. The van der Waals surface area contributed by atoms with Gasteiger partial charge in [0.05, 0.1) is 30.8 Å². The van der Waals surface area contributed by atoms with Gasteiger partial charge in [-0.25, -0.2) is 8.42 Å². The fourth-order valence-electron chi connectivity index (χ4n) is 2.11. The Kier molecular flexibility index (Phi) is 4.57. The molecule has 1 aliphatic rings. The summed E-state index contributed by atoms with van der Waals surface area (Å²) in [5.74, 6) is -0.687. The first-order valence-corrected chi connectivity index (χ1v) is 7.63. The first-order chi connectivity index (χ1) is 10.0. The summed E-state index contributed by atoms with van der Waals surface area (Å²) in [4.78, 5) is 11.6. The number of morpholine rings is 1. The molecule has 1 saturated heterocycles. The molecule has 0 radical (unpaired) electrons. The number of carbonyl (C=O) groups excluding carboxylic acids is 1. The summed E-state index contributed by atoms with van der Waals surface area (Å²) in [5.41, 5.74) is 0.0348. The van der Waals surface area contributed by atoms with Gasteiger partial charge in [-0.2, -0.15) is 9.57 Å². The zero-order valence-corrected chi connectivity index (χ0v) is 12.2. The molecule has 1 aliphatic heterocycles. The number of hydrogen-bond donors (Lipinski definition) is 0. The van der Waals surface area contributed by atoms with Gasteiger partial charge in [0.25, 0.3) is 0 Å². The fourth-order valence-corrected chi connectivity index (χ4v) is 3.80. The Morgan fingerprint density at radius 3 is 2.86 bits per heavy atom. The van der Waals surface area contributed by atoms with E-state index in [4.69, 9.17) is 10.00 Å². The minimum atomic E-state index is -3.98. The Morgan fingerprint density at radius 2 is 2.19 bits per heavy atom. The second-order valence-corrected chi connectivity index (χ2v) is 6.20. The van der Waals surface area contributed by atoms with Crippen molar-refractivity contribution in [2.45, 2.75) is 10.9 Å². The maximum absolute atomic E-state index is 12.7. The number of nitrogens with zero attached hydrogens (tertiary/aromatic N) is 2. The van der Waals surface area contributed by atoms with Crippen molar-refractivity contribution in [3.05, 3.63) is 29.8 Å². The average Bonchev–Trinajstić information content (AvgIpc) is 2.54. The highest BCUT2D eigenvalue weighted by atomic mass is 32.2. The first-order valence-electron chi connectivity index (χ1n) is 6.19. The minimum Gasteiger partial charge on any atom is -0.468 e. The van der Waals surface area contributed by atoms with Crippen molar-refractivity contribution in [1.29, 1.82) is 5.26 Å². The zero-order valence-electron chi connectivity index (χ0n) is 11.4. The minimum absolute atomic E-state index is 0.0296. The smallest absolute Gasteiger partial charge is 0.326 e. The van der Waals surface area contributed by atoms with Crippen LogP contribution in [0, 0.1) is 11.3 Å². The number of carbonyl (C=O) groups is 1. The van der Waals surface area contributed by atoms with Crippen LogP contribution in [0.25, 0.3) is 0 Å². The molecule has 1 aromatic rings. The second kappa shape index (κ2) is 6.22. The lowest BCUT2D eigenvalue weighted by Gasteiger charge is -2.32. The topological polar surface area (TPSA) is 96.7 Å². The summed E-state index contributed by atoms with van der Waals surface area (Å²) in [6.45, 7) is 0.143. The highest BCUT2D eigenvalue weighted by molar-refractivity contribution is 7.89. The van der Waals surface area contributed by atoms with Crippen molar-refractivity contribution < 1.29 is 22.7 Å². The van der Waals surface area contributed by atoms with Crippen LogP contribution in [-0.2, 0) is 24.3 Å². The van der Waals surface area contributed by atoms with E-state index in [1.54, 1.807) is 6.07 Å². The quantitative estimate of drug-likeness (QED) is 0.736. The van der Waals surface area contributed by atoms with E-state index in [0.717, 1.165) is 4.31 Å². The number of methoxy groups -OCH3 is 1. The number of nitriles is 1. The first kappa shape index (κ1) is 15.4. The molecule has 1 fully saturated rings. The molecule has 0 spiro atoms. The lowest BCUT2D eigenvalue weighted by atomic mass is 10.2. The summed E-state index contributed by atoms with van der Waals surface area (Å²) in [6.07, 6.45) is 0. The Morgan fingerprint density at radius 1 is 1.48 bits per heavy atom. The van der Waals surface area contributed by atoms with Crippen LogP contribution < -0.4 is 0 Å². The van der Waals surface area contributed by atoms with E-state index in [2.05, 4.69) is 4.74 Å². The zero-order chi connectivity index (χ0) is 15.5. The number of sulfonamides is 1. The van der Waals surface area contributed by atoms with Crippen molar-refractivity contribution >= 4 is 16.0 Å². The standard InChI is InChI=1S/C13H14N2O5S/c1-19-13(16)11-9-20-7-6-15(11)21(17,18)12-5-3-2-4-10(12)8-14/h2-5,11H,6-7,9H2,1H3. The molecule has 7 nitrogen and oxygen atoms in total. The van der Waals surface area contributed by atoms with Gasteiger partial charge < -0.3 is 9.47 Å². The molecular weight excluding hydrogens is 296 g/mol. The van der Waals surface area contributed by atoms with Crippen molar-refractivity contribution in [2.24, 2.45) is 0 Å². The van der Waals surface area contributed by atoms with E-state index >= 15 is 0 Å². The highest BCUT2D eigenvalue weighted by Gasteiger charge is 2.39. The molecule has 112 valence electrons. The molecule has 1 aromatic carbocycles. The van der Waals surface area contributed by atoms with Crippen LogP contribution >= 0.6 is 0 Å². The predicted octanol–water partition coefficient (Wildman–Crippen LogP) is 0.121. The Hall–Kier alpha value is -1.95. The third kappa shape index (κ3) is 2.90. The number of esters is 1. The van der Waals surface area contributed by atoms with Crippen LogP contribution in [0.5, 0.6) is 0 Å². The third-order valence-corrected chi connectivity index (χ3v) is 5.11. The molecule has 1 atom stereocenters. The van der Waals surface area contributed by atoms with E-state index in [1.165, 1.54) is 25.3 Å². The summed E-state index contributed by atoms with van der Waals surface area (Å²) < 4.78 is 36.2. The molecule has 0 aliphatic carbocycles. The number of benzene rings is 1.